The van der Waals surface area contributed by atoms with Crippen LogP contribution in [-0.4, -0.2) is 39.0 Å². The van der Waals surface area contributed by atoms with E-state index in [0.29, 0.717) is 5.75 Å². The number of aliphatic hydroxyl groups is 1. The molecule has 0 radical (unpaired) electrons. The summed E-state index contributed by atoms with van der Waals surface area (Å²) in [7, 11) is -3.18. The molecule has 0 bridgehead atoms. The smallest absolute Gasteiger partial charge is 0.175 e. The Hall–Kier alpha value is -1.11. The highest BCUT2D eigenvalue weighted by molar-refractivity contribution is 7.90. The zero-order chi connectivity index (χ0) is 12.2. The van der Waals surface area contributed by atoms with Gasteiger partial charge < -0.3 is 15.6 Å². The third kappa shape index (κ3) is 3.80. The maximum atomic E-state index is 11.2. The summed E-state index contributed by atoms with van der Waals surface area (Å²) >= 11 is 0. The number of hydrogen-bond donors (Lipinski definition) is 2. The van der Waals surface area contributed by atoms with Gasteiger partial charge in [-0.2, -0.15) is 0 Å². The molecule has 0 aliphatic heterocycles. The molecular weight excluding hydrogens is 230 g/mol. The van der Waals surface area contributed by atoms with Crippen molar-refractivity contribution in [2.24, 2.45) is 5.73 Å². The zero-order valence-corrected chi connectivity index (χ0v) is 9.78. The highest BCUT2D eigenvalue weighted by atomic mass is 32.2. The van der Waals surface area contributed by atoms with Gasteiger partial charge in [-0.05, 0) is 24.3 Å². The molecule has 0 unspecified atom stereocenters. The monoisotopic (exact) mass is 245 g/mol. The predicted molar refractivity (Wildman–Crippen MR) is 60.1 cm³/mol. The van der Waals surface area contributed by atoms with Crippen LogP contribution in [0.3, 0.4) is 0 Å². The van der Waals surface area contributed by atoms with E-state index in [1.54, 1.807) is 12.1 Å². The predicted octanol–water partition coefficient (Wildman–Crippen LogP) is -0.211. The first-order valence-electron chi connectivity index (χ1n) is 4.74. The standard InChI is InChI=1S/C10H15NO4S/c1-16(13,14)10-4-2-9(3-5-10)15-7-8(12)6-11/h2-5,8,12H,6-7,11H2,1H3/t8-/m0/s1. The Labute approximate surface area is 94.8 Å². The average Bonchev–Trinajstić information content (AvgIpc) is 2.25. The van der Waals surface area contributed by atoms with Crippen LogP contribution in [-0.2, 0) is 9.84 Å². The van der Waals surface area contributed by atoms with E-state index in [4.69, 9.17) is 15.6 Å². The molecule has 0 aliphatic rings. The van der Waals surface area contributed by atoms with Crippen molar-refractivity contribution in [3.63, 3.8) is 0 Å². The second-order valence-corrected chi connectivity index (χ2v) is 5.46. The van der Waals surface area contributed by atoms with Crippen LogP contribution in [0, 0.1) is 0 Å². The molecule has 0 spiro atoms. The van der Waals surface area contributed by atoms with Gasteiger partial charge in [0.15, 0.2) is 9.84 Å². The molecule has 1 rings (SSSR count). The van der Waals surface area contributed by atoms with Gasteiger partial charge in [0.1, 0.15) is 18.5 Å². The van der Waals surface area contributed by atoms with Gasteiger partial charge in [0.05, 0.1) is 4.90 Å². The maximum absolute atomic E-state index is 11.2. The molecule has 1 aromatic carbocycles. The Morgan fingerprint density at radius 1 is 1.38 bits per heavy atom. The summed E-state index contributed by atoms with van der Waals surface area (Å²) in [4.78, 5) is 0.235. The lowest BCUT2D eigenvalue weighted by Crippen LogP contribution is -2.26. The second-order valence-electron chi connectivity index (χ2n) is 3.44. The molecule has 0 aromatic heterocycles. The molecule has 1 atom stereocenters. The lowest BCUT2D eigenvalue weighted by Gasteiger charge is -2.10. The molecule has 16 heavy (non-hydrogen) atoms. The molecular formula is C10H15NO4S. The quantitative estimate of drug-likeness (QED) is 0.749. The van der Waals surface area contributed by atoms with Gasteiger partial charge >= 0.3 is 0 Å². The van der Waals surface area contributed by atoms with Crippen molar-refractivity contribution in [3.8, 4) is 5.75 Å². The fourth-order valence-electron chi connectivity index (χ4n) is 1.04. The molecule has 0 amide bonds. The summed E-state index contributed by atoms with van der Waals surface area (Å²) in [6.45, 7) is 0.218. The van der Waals surface area contributed by atoms with Gasteiger partial charge in [-0.15, -0.1) is 0 Å². The average molecular weight is 245 g/mol. The molecule has 3 N–H and O–H groups in total. The first-order chi connectivity index (χ1) is 7.43. The van der Waals surface area contributed by atoms with E-state index in [1.807, 2.05) is 0 Å². The van der Waals surface area contributed by atoms with Crippen LogP contribution in [0.15, 0.2) is 29.2 Å². The number of ether oxygens (including phenoxy) is 1. The van der Waals surface area contributed by atoms with Crippen molar-refractivity contribution in [3.05, 3.63) is 24.3 Å². The Balaban J connectivity index is 2.66. The molecule has 0 saturated carbocycles. The van der Waals surface area contributed by atoms with E-state index in [1.165, 1.54) is 12.1 Å². The summed E-state index contributed by atoms with van der Waals surface area (Å²) in [6.07, 6.45) is 0.427. The molecule has 5 nitrogen and oxygen atoms in total. The van der Waals surface area contributed by atoms with Gasteiger partial charge in [0.25, 0.3) is 0 Å². The lowest BCUT2D eigenvalue weighted by molar-refractivity contribution is 0.114. The molecule has 1 aromatic rings. The van der Waals surface area contributed by atoms with Crippen molar-refractivity contribution in [1.82, 2.24) is 0 Å². The first kappa shape index (κ1) is 13.0. The molecule has 0 fully saturated rings. The highest BCUT2D eigenvalue weighted by Crippen LogP contribution is 2.15. The summed E-state index contributed by atoms with van der Waals surface area (Å²) < 4.78 is 27.5. The number of hydrogen-bond acceptors (Lipinski definition) is 5. The van der Waals surface area contributed by atoms with Crippen molar-refractivity contribution < 1.29 is 18.3 Å². The number of nitrogens with two attached hydrogens (primary N) is 1. The Morgan fingerprint density at radius 2 is 1.94 bits per heavy atom. The van der Waals surface area contributed by atoms with Crippen molar-refractivity contribution >= 4 is 9.84 Å². The van der Waals surface area contributed by atoms with Crippen LogP contribution in [0.4, 0.5) is 0 Å². The molecule has 90 valence electrons. The summed E-state index contributed by atoms with van der Waals surface area (Å²) in [6, 6.07) is 6.00. The van der Waals surface area contributed by atoms with E-state index >= 15 is 0 Å². The van der Waals surface area contributed by atoms with Crippen molar-refractivity contribution in [2.75, 3.05) is 19.4 Å². The van der Waals surface area contributed by atoms with Gasteiger partial charge in [-0.1, -0.05) is 0 Å². The zero-order valence-electron chi connectivity index (χ0n) is 8.96. The fraction of sp³-hybridized carbons (Fsp3) is 0.400. The number of aliphatic hydroxyl groups excluding tert-OH is 1. The molecule has 6 heteroatoms. The van der Waals surface area contributed by atoms with Crippen LogP contribution in [0.5, 0.6) is 5.75 Å². The van der Waals surface area contributed by atoms with Crippen molar-refractivity contribution in [2.45, 2.75) is 11.0 Å². The Kier molecular flexibility index (Phi) is 4.28. The van der Waals surface area contributed by atoms with Gasteiger partial charge in [0.2, 0.25) is 0 Å². The SMILES string of the molecule is CS(=O)(=O)c1ccc(OC[C@@H](O)CN)cc1. The largest absolute Gasteiger partial charge is 0.491 e. The lowest BCUT2D eigenvalue weighted by atomic mass is 10.3. The molecule has 0 heterocycles. The Bertz CT molecular complexity index is 427. The maximum Gasteiger partial charge on any atom is 0.175 e. The first-order valence-corrected chi connectivity index (χ1v) is 6.63. The van der Waals surface area contributed by atoms with E-state index in [9.17, 15) is 8.42 Å². The van der Waals surface area contributed by atoms with Crippen LogP contribution in [0.1, 0.15) is 0 Å². The minimum atomic E-state index is -3.18. The summed E-state index contributed by atoms with van der Waals surface area (Å²) in [5.74, 6) is 0.500. The van der Waals surface area contributed by atoms with E-state index in [2.05, 4.69) is 0 Å². The van der Waals surface area contributed by atoms with Gasteiger partial charge in [-0.3, -0.25) is 0 Å². The van der Waals surface area contributed by atoms with E-state index in [-0.39, 0.29) is 18.0 Å². The van der Waals surface area contributed by atoms with Crippen LogP contribution in [0.2, 0.25) is 0 Å². The summed E-state index contributed by atoms with van der Waals surface area (Å²) in [5.41, 5.74) is 5.21. The third-order valence-corrected chi connectivity index (χ3v) is 3.09. The molecule has 0 saturated heterocycles. The van der Waals surface area contributed by atoms with Gasteiger partial charge in [-0.25, -0.2) is 8.42 Å². The molecule has 0 aliphatic carbocycles. The Morgan fingerprint density at radius 3 is 2.38 bits per heavy atom. The van der Waals surface area contributed by atoms with Crippen molar-refractivity contribution in [1.29, 1.82) is 0 Å². The number of benzene rings is 1. The van der Waals surface area contributed by atoms with Crippen LogP contribution in [0.25, 0.3) is 0 Å². The fourth-order valence-corrected chi connectivity index (χ4v) is 1.67. The minimum Gasteiger partial charge on any atom is -0.491 e. The summed E-state index contributed by atoms with van der Waals surface area (Å²) in [5, 5.41) is 9.16. The number of rotatable bonds is 5. The highest BCUT2D eigenvalue weighted by Gasteiger charge is 2.07. The van der Waals surface area contributed by atoms with E-state index in [0.717, 1.165) is 6.26 Å². The number of sulfone groups is 1. The topological polar surface area (TPSA) is 89.6 Å². The second kappa shape index (κ2) is 5.29. The van der Waals surface area contributed by atoms with Gasteiger partial charge in [0, 0.05) is 12.8 Å². The van der Waals surface area contributed by atoms with E-state index < -0.39 is 15.9 Å². The minimum absolute atomic E-state index is 0.0920. The third-order valence-electron chi connectivity index (χ3n) is 1.97. The van der Waals surface area contributed by atoms with Crippen LogP contribution >= 0.6 is 0 Å². The normalized spacial score (nSPS) is 13.4. The van der Waals surface area contributed by atoms with Crippen LogP contribution < -0.4 is 10.5 Å².